The summed E-state index contributed by atoms with van der Waals surface area (Å²) in [7, 11) is -9.39. The molecule has 33 heavy (non-hydrogen) atoms. The topological polar surface area (TPSA) is 228 Å². The monoisotopic (exact) mass is 566 g/mol. The van der Waals surface area contributed by atoms with E-state index in [1.807, 2.05) is 0 Å². The minimum absolute atomic E-state index is 0. The summed E-state index contributed by atoms with van der Waals surface area (Å²) in [5.41, 5.74) is 2.54. The molecular formula is C18H38Cl2N4NiO8. The van der Waals surface area contributed by atoms with Crippen LogP contribution in [0.5, 0.6) is 0 Å². The van der Waals surface area contributed by atoms with Crippen LogP contribution in [-0.4, -0.2) is 57.0 Å². The molecule has 0 bridgehead atoms. The number of hydrogen-bond acceptors (Lipinski definition) is 12. The third kappa shape index (κ3) is 32.0. The molecule has 0 fully saturated rings. The van der Waals surface area contributed by atoms with E-state index < -0.39 is 20.5 Å². The molecule has 0 saturated heterocycles. The molecule has 0 saturated carbocycles. The zero-order chi connectivity index (χ0) is 26.0. The van der Waals surface area contributed by atoms with Crippen LogP contribution in [0.15, 0.2) is 9.98 Å². The molecule has 1 aliphatic heterocycles. The minimum Gasteiger partial charge on any atom is -0.309 e. The largest absolute Gasteiger partial charge is 0.309 e. The Kier molecular flexibility index (Phi) is 18.1. The molecule has 1 heterocycles. The second-order valence-electron chi connectivity index (χ2n) is 9.13. The van der Waals surface area contributed by atoms with Gasteiger partial charge in [-0.25, -0.2) is 0 Å². The molecular weight excluding hydrogens is 530 g/mol. The van der Waals surface area contributed by atoms with Crippen LogP contribution >= 0.6 is 0 Å². The van der Waals surface area contributed by atoms with E-state index in [2.05, 4.69) is 66.0 Å². The van der Waals surface area contributed by atoms with Gasteiger partial charge in [-0.3, -0.25) is 9.98 Å². The van der Waals surface area contributed by atoms with Crippen molar-refractivity contribution in [1.29, 1.82) is 0 Å². The summed E-state index contributed by atoms with van der Waals surface area (Å²) in [6, 6.07) is 0.668. The number of hydrogen-bond donors (Lipinski definition) is 4. The van der Waals surface area contributed by atoms with Crippen molar-refractivity contribution in [3.8, 4) is 0 Å². The first-order chi connectivity index (χ1) is 14.0. The first kappa shape index (κ1) is 37.6. The smallest absolute Gasteiger partial charge is 0.0777 e. The first-order valence-electron chi connectivity index (χ1n) is 9.81. The zero-order valence-corrected chi connectivity index (χ0v) is 22.8. The summed E-state index contributed by atoms with van der Waals surface area (Å²) in [6.07, 6.45) is 1.94. The van der Waals surface area contributed by atoms with E-state index in [-0.39, 0.29) is 27.6 Å². The Balaban J connectivity index is -0.000000686. The van der Waals surface area contributed by atoms with E-state index in [1.165, 1.54) is 11.4 Å². The molecule has 15 heteroatoms. The van der Waals surface area contributed by atoms with Crippen molar-refractivity contribution >= 4 is 11.4 Å². The predicted molar refractivity (Wildman–Crippen MR) is 103 cm³/mol. The first-order valence-corrected chi connectivity index (χ1v) is 12.3. The van der Waals surface area contributed by atoms with E-state index in [9.17, 15) is 0 Å². The van der Waals surface area contributed by atoms with Gasteiger partial charge in [0.15, 0.2) is 0 Å². The van der Waals surface area contributed by atoms with Crippen molar-refractivity contribution in [3.63, 3.8) is 0 Å². The summed E-state index contributed by atoms with van der Waals surface area (Å²) in [5.74, 6) is 0. The van der Waals surface area contributed by atoms with Gasteiger partial charge >= 0.3 is 0 Å². The van der Waals surface area contributed by atoms with Gasteiger partial charge in [-0.05, 0) is 55.4 Å². The fourth-order valence-electron chi connectivity index (χ4n) is 3.35. The van der Waals surface area contributed by atoms with E-state index >= 15 is 0 Å². The predicted octanol–water partition coefficient (Wildman–Crippen LogP) is -5.04. The maximum atomic E-state index is 8.60. The van der Waals surface area contributed by atoms with Crippen molar-refractivity contribution in [1.82, 2.24) is 10.6 Å². The second-order valence-corrected chi connectivity index (χ2v) is 10.7. The van der Waals surface area contributed by atoms with Gasteiger partial charge in [-0.1, -0.05) is 0 Å². The fraction of sp³-hybridized carbons (Fsp3) is 0.889. The van der Waals surface area contributed by atoms with Gasteiger partial charge in [0.25, 0.3) is 0 Å². The average Bonchev–Trinajstić information content (AvgIpc) is 2.45. The number of halogens is 2. The van der Waals surface area contributed by atoms with Gasteiger partial charge in [-0.2, -0.15) is 28.0 Å². The molecule has 1 rings (SSSR count). The van der Waals surface area contributed by atoms with Gasteiger partial charge in [0.2, 0.25) is 0 Å². The van der Waals surface area contributed by atoms with E-state index in [4.69, 9.17) is 47.3 Å². The number of aliphatic imine (C=N–C) groups is 2. The van der Waals surface area contributed by atoms with Crippen molar-refractivity contribution in [2.45, 2.75) is 91.4 Å². The van der Waals surface area contributed by atoms with Crippen LogP contribution < -0.4 is 38.6 Å². The Bertz CT molecular complexity index is 587. The summed E-state index contributed by atoms with van der Waals surface area (Å²) in [6.45, 7) is 19.4. The van der Waals surface area contributed by atoms with Crippen molar-refractivity contribution in [2.75, 3.05) is 13.1 Å². The zero-order valence-electron chi connectivity index (χ0n) is 20.3. The molecule has 0 spiro atoms. The summed E-state index contributed by atoms with van der Waals surface area (Å²) < 4.78 is 65.4. The maximum absolute atomic E-state index is 8.60. The molecule has 4 N–H and O–H groups in total. The van der Waals surface area contributed by atoms with Crippen molar-refractivity contribution in [2.24, 2.45) is 9.98 Å². The van der Waals surface area contributed by atoms with Crippen molar-refractivity contribution < 1.29 is 74.2 Å². The Morgan fingerprint density at radius 3 is 1.67 bits per heavy atom. The van der Waals surface area contributed by atoms with Crippen LogP contribution in [0.1, 0.15) is 68.2 Å². The Morgan fingerprint density at radius 1 is 0.848 bits per heavy atom. The van der Waals surface area contributed by atoms with E-state index in [0.29, 0.717) is 12.1 Å². The third-order valence-electron chi connectivity index (χ3n) is 3.98. The Hall–Kier alpha value is 0.0135. The second kappa shape index (κ2) is 15.9. The van der Waals surface area contributed by atoms with Gasteiger partial charge < -0.3 is 10.6 Å². The number of rotatable bonds is 0. The van der Waals surface area contributed by atoms with E-state index in [0.717, 1.165) is 25.9 Å². The molecule has 0 aromatic heterocycles. The van der Waals surface area contributed by atoms with Crippen LogP contribution in [0.2, 0.25) is 0 Å². The standard InChI is InChI=1S/C18H36N4.2ClHO4.Ni/c1-13-9-17(5,6)20-12-15(3)21-14(2)10-18(7,8)22-16(4)11-19-13;2*2-1(3,4)5;/h15-16,20,22H,9-12H2,1-8H3;2*(H,2,3,4,5);. The SMILES string of the molecule is CC1=NCC(C)NC(C)(C)CC(C)=NC(C)CNC(C)(C)C1.[Ni].[O-][Cl+3]([O-])([O-])O.[O-][Cl+3]([O-])([O-])O. The molecule has 0 aromatic rings. The van der Waals surface area contributed by atoms with Gasteiger partial charge in [-0.15, -0.1) is 0 Å². The molecule has 0 aliphatic carbocycles. The molecule has 202 valence electrons. The third-order valence-corrected chi connectivity index (χ3v) is 3.98. The van der Waals surface area contributed by atoms with E-state index in [1.54, 1.807) is 0 Å². The molecule has 0 amide bonds. The summed E-state index contributed by atoms with van der Waals surface area (Å²) in [4.78, 5) is 9.63. The minimum atomic E-state index is -4.69. The van der Waals surface area contributed by atoms with Crippen LogP contribution in [0.4, 0.5) is 0 Å². The Labute approximate surface area is 210 Å². The van der Waals surface area contributed by atoms with Gasteiger partial charge in [0, 0.05) is 64.4 Å². The average molecular weight is 568 g/mol. The maximum Gasteiger partial charge on any atom is 0.0777 e. The molecule has 1 aliphatic rings. The van der Waals surface area contributed by atoms with Crippen LogP contribution in [0.25, 0.3) is 0 Å². The Morgan fingerprint density at radius 2 is 1.24 bits per heavy atom. The fourth-order valence-corrected chi connectivity index (χ4v) is 3.35. The number of nitrogens with one attached hydrogen (secondary N) is 2. The molecule has 12 nitrogen and oxygen atoms in total. The van der Waals surface area contributed by atoms with Gasteiger partial charge in [0.1, 0.15) is 0 Å². The summed E-state index contributed by atoms with van der Waals surface area (Å²) >= 11 is 0. The van der Waals surface area contributed by atoms with Crippen LogP contribution in [0, 0.1) is 20.5 Å². The van der Waals surface area contributed by atoms with Gasteiger partial charge in [0.05, 0.1) is 42.4 Å². The van der Waals surface area contributed by atoms with Crippen LogP contribution in [-0.2, 0) is 16.5 Å². The molecule has 0 radical (unpaired) electrons. The summed E-state index contributed by atoms with van der Waals surface area (Å²) in [5, 5.41) is 7.34. The normalized spacial score (nSPS) is 24.2. The van der Waals surface area contributed by atoms with Crippen molar-refractivity contribution in [3.05, 3.63) is 0 Å². The quantitative estimate of drug-likeness (QED) is 0.203. The number of nitrogens with zero attached hydrogens (tertiary/aromatic N) is 2. The van der Waals surface area contributed by atoms with Crippen LogP contribution in [0.3, 0.4) is 0 Å². The molecule has 2 unspecified atom stereocenters. The molecule has 0 aromatic carbocycles. The molecule has 2 atom stereocenters.